The third kappa shape index (κ3) is 3.89. The normalized spacial score (nSPS) is 10.3. The standard InChI is InChI=1S/C16H17ClN2O3/c1-3-22-14-8-13(17)6-4-11(14)9-18-16(21)12-5-7-15(20)19(2)10-12/h4-8,10H,3,9H2,1-2H3,(H,18,21). The van der Waals surface area contributed by atoms with E-state index in [1.165, 1.54) is 22.9 Å². The van der Waals surface area contributed by atoms with Crippen LogP contribution in [0.4, 0.5) is 0 Å². The summed E-state index contributed by atoms with van der Waals surface area (Å²) in [7, 11) is 1.60. The third-order valence-corrected chi connectivity index (χ3v) is 3.35. The number of nitrogens with one attached hydrogen (secondary N) is 1. The maximum Gasteiger partial charge on any atom is 0.253 e. The fourth-order valence-electron chi connectivity index (χ4n) is 1.97. The van der Waals surface area contributed by atoms with Crippen LogP contribution in [0.3, 0.4) is 0 Å². The van der Waals surface area contributed by atoms with Crippen molar-refractivity contribution in [2.24, 2.45) is 7.05 Å². The zero-order valence-electron chi connectivity index (χ0n) is 12.4. The Morgan fingerprint density at radius 3 is 2.77 bits per heavy atom. The molecule has 5 nitrogen and oxygen atoms in total. The number of pyridine rings is 1. The Morgan fingerprint density at radius 2 is 2.09 bits per heavy atom. The van der Waals surface area contributed by atoms with Gasteiger partial charge in [-0.05, 0) is 25.1 Å². The maximum absolute atomic E-state index is 12.1. The number of hydrogen-bond acceptors (Lipinski definition) is 3. The van der Waals surface area contributed by atoms with Crippen molar-refractivity contribution in [1.29, 1.82) is 0 Å². The second-order valence-corrected chi connectivity index (χ2v) is 5.17. The number of rotatable bonds is 5. The minimum atomic E-state index is -0.256. The predicted molar refractivity (Wildman–Crippen MR) is 85.5 cm³/mol. The fraction of sp³-hybridized carbons (Fsp3) is 0.250. The molecule has 2 rings (SSSR count). The van der Waals surface area contributed by atoms with Gasteiger partial charge < -0.3 is 14.6 Å². The van der Waals surface area contributed by atoms with E-state index in [1.807, 2.05) is 13.0 Å². The second kappa shape index (κ2) is 7.13. The number of carbonyl (C=O) groups is 1. The molecule has 1 N–H and O–H groups in total. The summed E-state index contributed by atoms with van der Waals surface area (Å²) in [5, 5.41) is 3.38. The quantitative estimate of drug-likeness (QED) is 0.920. The molecule has 1 aromatic carbocycles. The molecule has 0 radical (unpaired) electrons. The SMILES string of the molecule is CCOc1cc(Cl)ccc1CNC(=O)c1ccc(=O)n(C)c1. The molecule has 1 heterocycles. The van der Waals surface area contributed by atoms with Gasteiger partial charge in [0, 0.05) is 36.4 Å². The van der Waals surface area contributed by atoms with Crippen LogP contribution >= 0.6 is 11.6 Å². The number of halogens is 1. The second-order valence-electron chi connectivity index (χ2n) is 4.73. The molecule has 0 atom stereocenters. The largest absolute Gasteiger partial charge is 0.493 e. The highest BCUT2D eigenvalue weighted by molar-refractivity contribution is 6.30. The lowest BCUT2D eigenvalue weighted by Gasteiger charge is -2.12. The van der Waals surface area contributed by atoms with Crippen LogP contribution in [0.15, 0.2) is 41.3 Å². The molecule has 2 aromatic rings. The Hall–Kier alpha value is -2.27. The van der Waals surface area contributed by atoms with Gasteiger partial charge in [0.15, 0.2) is 0 Å². The summed E-state index contributed by atoms with van der Waals surface area (Å²) in [4.78, 5) is 23.4. The Bertz CT molecular complexity index is 740. The lowest BCUT2D eigenvalue weighted by atomic mass is 10.2. The molecule has 0 saturated carbocycles. The zero-order valence-corrected chi connectivity index (χ0v) is 13.2. The Balaban J connectivity index is 2.10. The van der Waals surface area contributed by atoms with Crippen LogP contribution in [0.25, 0.3) is 0 Å². The summed E-state index contributed by atoms with van der Waals surface area (Å²) in [6.45, 7) is 2.71. The van der Waals surface area contributed by atoms with Crippen molar-refractivity contribution in [1.82, 2.24) is 9.88 Å². The van der Waals surface area contributed by atoms with Crippen molar-refractivity contribution in [2.45, 2.75) is 13.5 Å². The van der Waals surface area contributed by atoms with Crippen molar-refractivity contribution in [3.05, 3.63) is 63.0 Å². The van der Waals surface area contributed by atoms with Crippen LogP contribution in [0, 0.1) is 0 Å². The van der Waals surface area contributed by atoms with Gasteiger partial charge >= 0.3 is 0 Å². The van der Waals surface area contributed by atoms with Gasteiger partial charge in [-0.25, -0.2) is 0 Å². The van der Waals surface area contributed by atoms with E-state index in [4.69, 9.17) is 16.3 Å². The fourth-order valence-corrected chi connectivity index (χ4v) is 2.13. The minimum absolute atomic E-state index is 0.159. The summed E-state index contributed by atoms with van der Waals surface area (Å²) in [5.41, 5.74) is 1.10. The molecule has 0 bridgehead atoms. The number of ether oxygens (including phenoxy) is 1. The summed E-state index contributed by atoms with van der Waals surface area (Å²) in [5.74, 6) is 0.392. The van der Waals surface area contributed by atoms with E-state index in [-0.39, 0.29) is 11.5 Å². The van der Waals surface area contributed by atoms with Crippen LogP contribution in [0.1, 0.15) is 22.8 Å². The molecule has 116 valence electrons. The highest BCUT2D eigenvalue weighted by Gasteiger charge is 2.09. The van der Waals surface area contributed by atoms with Crippen LogP contribution in [0.5, 0.6) is 5.75 Å². The summed E-state index contributed by atoms with van der Waals surface area (Å²) >= 11 is 5.94. The molecule has 0 fully saturated rings. The van der Waals surface area contributed by atoms with Gasteiger partial charge in [0.2, 0.25) is 5.56 Å². The lowest BCUT2D eigenvalue weighted by molar-refractivity contribution is 0.0950. The first-order valence-corrected chi connectivity index (χ1v) is 7.25. The molecule has 0 unspecified atom stereocenters. The van der Waals surface area contributed by atoms with Crippen molar-refractivity contribution in [3.8, 4) is 5.75 Å². The molecule has 0 aliphatic rings. The highest BCUT2D eigenvalue weighted by Crippen LogP contribution is 2.23. The van der Waals surface area contributed by atoms with Crippen LogP contribution in [-0.2, 0) is 13.6 Å². The van der Waals surface area contributed by atoms with Gasteiger partial charge in [-0.2, -0.15) is 0 Å². The van der Waals surface area contributed by atoms with E-state index in [0.717, 1.165) is 5.56 Å². The number of aromatic nitrogens is 1. The molecule has 1 aromatic heterocycles. The first kappa shape index (κ1) is 16.1. The van der Waals surface area contributed by atoms with Crippen molar-refractivity contribution >= 4 is 17.5 Å². The average molecular weight is 321 g/mol. The van der Waals surface area contributed by atoms with Gasteiger partial charge in [-0.15, -0.1) is 0 Å². The van der Waals surface area contributed by atoms with E-state index >= 15 is 0 Å². The van der Waals surface area contributed by atoms with E-state index in [0.29, 0.717) is 29.5 Å². The van der Waals surface area contributed by atoms with E-state index in [2.05, 4.69) is 5.32 Å². The van der Waals surface area contributed by atoms with Crippen LogP contribution < -0.4 is 15.6 Å². The maximum atomic E-state index is 12.1. The number of aryl methyl sites for hydroxylation is 1. The number of amides is 1. The third-order valence-electron chi connectivity index (χ3n) is 3.12. The lowest BCUT2D eigenvalue weighted by Crippen LogP contribution is -2.25. The first-order chi connectivity index (χ1) is 10.5. The molecular weight excluding hydrogens is 304 g/mol. The van der Waals surface area contributed by atoms with Crippen LogP contribution in [-0.4, -0.2) is 17.1 Å². The summed E-state index contributed by atoms with van der Waals surface area (Å²) in [6.07, 6.45) is 1.50. The molecule has 0 aliphatic carbocycles. The molecule has 22 heavy (non-hydrogen) atoms. The number of nitrogens with zero attached hydrogens (tertiary/aromatic N) is 1. The molecular formula is C16H17ClN2O3. The monoisotopic (exact) mass is 320 g/mol. The molecule has 1 amide bonds. The zero-order chi connectivity index (χ0) is 16.1. The van der Waals surface area contributed by atoms with Gasteiger partial charge in [0.1, 0.15) is 5.75 Å². The number of benzene rings is 1. The van der Waals surface area contributed by atoms with Gasteiger partial charge in [-0.1, -0.05) is 17.7 Å². The molecule has 0 aliphatic heterocycles. The Labute approximate surface area is 133 Å². The molecule has 6 heteroatoms. The summed E-state index contributed by atoms with van der Waals surface area (Å²) < 4.78 is 6.87. The van der Waals surface area contributed by atoms with E-state index < -0.39 is 0 Å². The topological polar surface area (TPSA) is 60.3 Å². The minimum Gasteiger partial charge on any atom is -0.493 e. The molecule has 0 saturated heterocycles. The van der Waals surface area contributed by atoms with Crippen molar-refractivity contribution in [2.75, 3.05) is 6.61 Å². The average Bonchev–Trinajstić information content (AvgIpc) is 2.49. The highest BCUT2D eigenvalue weighted by atomic mass is 35.5. The van der Waals surface area contributed by atoms with Crippen molar-refractivity contribution in [3.63, 3.8) is 0 Å². The number of hydrogen-bond donors (Lipinski definition) is 1. The van der Waals surface area contributed by atoms with Crippen LogP contribution in [0.2, 0.25) is 5.02 Å². The van der Waals surface area contributed by atoms with E-state index in [9.17, 15) is 9.59 Å². The first-order valence-electron chi connectivity index (χ1n) is 6.87. The van der Waals surface area contributed by atoms with Gasteiger partial charge in [-0.3, -0.25) is 9.59 Å². The Kier molecular flexibility index (Phi) is 5.22. The van der Waals surface area contributed by atoms with Gasteiger partial charge in [0.05, 0.1) is 12.2 Å². The summed E-state index contributed by atoms with van der Waals surface area (Å²) in [6, 6.07) is 8.15. The molecule has 0 spiro atoms. The number of carbonyl (C=O) groups excluding carboxylic acids is 1. The predicted octanol–water partition coefficient (Wildman–Crippen LogP) is 2.37. The van der Waals surface area contributed by atoms with E-state index in [1.54, 1.807) is 19.2 Å². The van der Waals surface area contributed by atoms with Crippen molar-refractivity contribution < 1.29 is 9.53 Å². The Morgan fingerprint density at radius 1 is 1.32 bits per heavy atom. The smallest absolute Gasteiger partial charge is 0.253 e. The van der Waals surface area contributed by atoms with Gasteiger partial charge in [0.25, 0.3) is 5.91 Å².